The minimum Gasteiger partial charge on any atom is -0.490 e. The Labute approximate surface area is 167 Å². The van der Waals surface area contributed by atoms with Crippen LogP contribution in [-0.2, 0) is 0 Å². The van der Waals surface area contributed by atoms with Crippen LogP contribution in [0.3, 0.4) is 0 Å². The molecule has 1 aliphatic carbocycles. The standard InChI is InChI=1S/C22H21N5O2/c1-13-5-6-17(29-16-7-8-16)11-18(13)20-14(2)19-12-25-27(21-23-9-4-10-24-21)22(28)26(19)15(20)3/h4-6,9-12,16H,7-8H2,1-3H3. The van der Waals surface area contributed by atoms with E-state index < -0.39 is 0 Å². The van der Waals surface area contributed by atoms with Crippen LogP contribution in [0, 0.1) is 20.8 Å². The number of aryl methyl sites for hydroxylation is 3. The minimum atomic E-state index is -0.288. The maximum atomic E-state index is 13.2. The summed E-state index contributed by atoms with van der Waals surface area (Å²) in [6, 6.07) is 7.87. The van der Waals surface area contributed by atoms with E-state index >= 15 is 0 Å². The van der Waals surface area contributed by atoms with Crippen LogP contribution in [0.15, 0.2) is 47.7 Å². The van der Waals surface area contributed by atoms with Crippen LogP contribution in [0.25, 0.3) is 22.6 Å². The lowest BCUT2D eigenvalue weighted by molar-refractivity contribution is 0.303. The monoisotopic (exact) mass is 387 g/mol. The second kappa shape index (κ2) is 6.55. The van der Waals surface area contributed by atoms with E-state index in [1.807, 2.05) is 19.9 Å². The predicted octanol–water partition coefficient (Wildman–Crippen LogP) is 3.41. The molecule has 0 saturated heterocycles. The highest BCUT2D eigenvalue weighted by atomic mass is 16.5. The van der Waals surface area contributed by atoms with Gasteiger partial charge in [-0.3, -0.25) is 4.40 Å². The molecule has 29 heavy (non-hydrogen) atoms. The number of hydrogen-bond acceptors (Lipinski definition) is 5. The first-order valence-corrected chi connectivity index (χ1v) is 9.69. The average Bonchev–Trinajstić information content (AvgIpc) is 3.50. The highest BCUT2D eigenvalue weighted by molar-refractivity contribution is 5.81. The van der Waals surface area contributed by atoms with Crippen molar-refractivity contribution in [2.75, 3.05) is 0 Å². The van der Waals surface area contributed by atoms with Crippen LogP contribution < -0.4 is 10.4 Å². The summed E-state index contributed by atoms with van der Waals surface area (Å²) in [4.78, 5) is 21.5. The van der Waals surface area contributed by atoms with Crippen molar-refractivity contribution in [1.29, 1.82) is 0 Å². The summed E-state index contributed by atoms with van der Waals surface area (Å²) in [6.07, 6.45) is 7.45. The van der Waals surface area contributed by atoms with Crippen LogP contribution in [0.2, 0.25) is 0 Å². The molecule has 7 nitrogen and oxygen atoms in total. The Morgan fingerprint density at radius 1 is 1.10 bits per heavy atom. The molecule has 3 aromatic heterocycles. The lowest BCUT2D eigenvalue weighted by Crippen LogP contribution is -2.29. The number of fused-ring (bicyclic) bond motifs is 1. The van der Waals surface area contributed by atoms with E-state index in [0.717, 1.165) is 52.1 Å². The van der Waals surface area contributed by atoms with E-state index in [9.17, 15) is 4.79 Å². The van der Waals surface area contributed by atoms with Gasteiger partial charge in [0.05, 0.1) is 17.8 Å². The van der Waals surface area contributed by atoms with Crippen LogP contribution in [0.1, 0.15) is 29.7 Å². The summed E-state index contributed by atoms with van der Waals surface area (Å²) in [7, 11) is 0. The van der Waals surface area contributed by atoms with Gasteiger partial charge in [0.1, 0.15) is 5.75 Å². The lowest BCUT2D eigenvalue weighted by Gasteiger charge is -2.11. The van der Waals surface area contributed by atoms with Crippen molar-refractivity contribution in [1.82, 2.24) is 24.1 Å². The highest BCUT2D eigenvalue weighted by Gasteiger charge is 2.24. The second-order valence-electron chi connectivity index (χ2n) is 7.49. The van der Waals surface area contributed by atoms with Gasteiger partial charge in [0, 0.05) is 23.7 Å². The fraction of sp³-hybridized carbons (Fsp3) is 0.273. The maximum absolute atomic E-state index is 13.2. The molecule has 3 heterocycles. The van der Waals surface area contributed by atoms with E-state index in [0.29, 0.717) is 6.10 Å². The molecule has 4 aromatic rings. The number of nitrogens with zero attached hydrogens (tertiary/aromatic N) is 5. The Balaban J connectivity index is 1.72. The molecule has 0 atom stereocenters. The van der Waals surface area contributed by atoms with Crippen molar-refractivity contribution in [2.24, 2.45) is 0 Å². The first-order chi connectivity index (χ1) is 14.0. The van der Waals surface area contributed by atoms with E-state index in [1.165, 1.54) is 4.68 Å². The Morgan fingerprint density at radius 2 is 1.86 bits per heavy atom. The summed E-state index contributed by atoms with van der Waals surface area (Å²) < 4.78 is 8.90. The molecule has 0 aliphatic heterocycles. The Kier molecular flexibility index (Phi) is 3.97. The van der Waals surface area contributed by atoms with Crippen molar-refractivity contribution < 1.29 is 4.74 Å². The van der Waals surface area contributed by atoms with E-state index in [1.54, 1.807) is 29.1 Å². The lowest BCUT2D eigenvalue weighted by atomic mass is 9.97. The zero-order valence-electron chi connectivity index (χ0n) is 16.6. The molecule has 1 aromatic carbocycles. The van der Waals surface area contributed by atoms with Gasteiger partial charge in [0.25, 0.3) is 5.95 Å². The van der Waals surface area contributed by atoms with Gasteiger partial charge in [0.2, 0.25) is 0 Å². The molecule has 1 fully saturated rings. The predicted molar refractivity (Wildman–Crippen MR) is 110 cm³/mol. The summed E-state index contributed by atoms with van der Waals surface area (Å²) in [6.45, 7) is 6.06. The van der Waals surface area contributed by atoms with Gasteiger partial charge in [0.15, 0.2) is 0 Å². The fourth-order valence-electron chi connectivity index (χ4n) is 3.77. The van der Waals surface area contributed by atoms with Crippen LogP contribution in [0.4, 0.5) is 0 Å². The van der Waals surface area contributed by atoms with Gasteiger partial charge in [-0.05, 0) is 68.5 Å². The van der Waals surface area contributed by atoms with Crippen molar-refractivity contribution >= 4 is 5.52 Å². The Hall–Kier alpha value is -3.48. The highest BCUT2D eigenvalue weighted by Crippen LogP contribution is 2.36. The van der Waals surface area contributed by atoms with Gasteiger partial charge in [-0.1, -0.05) is 6.07 Å². The molecule has 7 heteroatoms. The van der Waals surface area contributed by atoms with Crippen molar-refractivity contribution in [2.45, 2.75) is 39.7 Å². The Morgan fingerprint density at radius 3 is 2.59 bits per heavy atom. The number of aromatic nitrogens is 5. The molecule has 0 bridgehead atoms. The molecule has 0 unspecified atom stereocenters. The smallest absolute Gasteiger partial charge is 0.356 e. The van der Waals surface area contributed by atoms with Gasteiger partial charge < -0.3 is 4.74 Å². The van der Waals surface area contributed by atoms with Crippen LogP contribution in [-0.4, -0.2) is 30.3 Å². The third kappa shape index (κ3) is 2.90. The van der Waals surface area contributed by atoms with Crippen LogP contribution >= 0.6 is 0 Å². The first-order valence-electron chi connectivity index (χ1n) is 9.69. The first kappa shape index (κ1) is 17.6. The third-order valence-corrected chi connectivity index (χ3v) is 5.41. The molecule has 0 radical (unpaired) electrons. The van der Waals surface area contributed by atoms with Crippen molar-refractivity contribution in [3.05, 3.63) is 70.2 Å². The molecule has 1 saturated carbocycles. The Bertz CT molecular complexity index is 1290. The second-order valence-corrected chi connectivity index (χ2v) is 7.49. The zero-order chi connectivity index (χ0) is 20.1. The molecule has 0 N–H and O–H groups in total. The van der Waals surface area contributed by atoms with Crippen molar-refractivity contribution in [3.8, 4) is 22.8 Å². The summed E-state index contributed by atoms with van der Waals surface area (Å²) in [5.41, 5.74) is 5.61. The van der Waals surface area contributed by atoms with E-state index in [4.69, 9.17) is 4.74 Å². The quantitative estimate of drug-likeness (QED) is 0.536. The molecular weight excluding hydrogens is 366 g/mol. The summed E-state index contributed by atoms with van der Waals surface area (Å²) in [5, 5.41) is 4.31. The zero-order valence-corrected chi connectivity index (χ0v) is 16.6. The molecule has 5 rings (SSSR count). The number of benzene rings is 1. The van der Waals surface area contributed by atoms with Gasteiger partial charge in [-0.15, -0.1) is 4.68 Å². The average molecular weight is 387 g/mol. The SMILES string of the molecule is Cc1ccc(OC2CC2)cc1-c1c(C)c2cnn(-c3ncccn3)c(=O)n2c1C. The van der Waals surface area contributed by atoms with Crippen molar-refractivity contribution in [3.63, 3.8) is 0 Å². The number of ether oxygens (including phenoxy) is 1. The third-order valence-electron chi connectivity index (χ3n) is 5.41. The van der Waals surface area contributed by atoms with Crippen LogP contribution in [0.5, 0.6) is 5.75 Å². The summed E-state index contributed by atoms with van der Waals surface area (Å²) in [5.74, 6) is 1.12. The molecular formula is C22H21N5O2. The molecule has 0 spiro atoms. The van der Waals surface area contributed by atoms with Gasteiger partial charge in [-0.25, -0.2) is 14.8 Å². The van der Waals surface area contributed by atoms with Gasteiger partial charge in [-0.2, -0.15) is 5.10 Å². The molecule has 146 valence electrons. The van der Waals surface area contributed by atoms with E-state index in [2.05, 4.69) is 34.1 Å². The molecule has 1 aliphatic rings. The van der Waals surface area contributed by atoms with E-state index in [-0.39, 0.29) is 11.6 Å². The largest absolute Gasteiger partial charge is 0.490 e. The number of rotatable bonds is 4. The fourth-order valence-corrected chi connectivity index (χ4v) is 3.77. The normalized spacial score (nSPS) is 13.8. The minimum absolute atomic E-state index is 0.253. The summed E-state index contributed by atoms with van der Waals surface area (Å²) >= 11 is 0. The topological polar surface area (TPSA) is 74.3 Å². The molecule has 0 amide bonds. The van der Waals surface area contributed by atoms with Gasteiger partial charge >= 0.3 is 5.69 Å². The maximum Gasteiger partial charge on any atom is 0.356 e. The number of hydrogen-bond donors (Lipinski definition) is 0.